The average Bonchev–Trinajstić information content (AvgIpc) is 2.99. The zero-order valence-corrected chi connectivity index (χ0v) is 17.2. The number of rotatable bonds is 3. The number of likely N-dealkylation sites (N-methyl/N-ethyl adjacent to an activating group) is 1. The molecule has 0 radical (unpaired) electrons. The topological polar surface area (TPSA) is 75.4 Å². The smallest absolute Gasteiger partial charge is 0.261 e. The van der Waals surface area contributed by atoms with Crippen molar-refractivity contribution in [3.05, 3.63) is 77.2 Å². The maximum absolute atomic E-state index is 13.3. The van der Waals surface area contributed by atoms with Gasteiger partial charge in [-0.1, -0.05) is 30.3 Å². The van der Waals surface area contributed by atoms with Gasteiger partial charge < -0.3 is 4.90 Å². The van der Waals surface area contributed by atoms with Crippen LogP contribution in [0, 0.1) is 5.82 Å². The first-order valence-electron chi connectivity index (χ1n) is 9.20. The van der Waals surface area contributed by atoms with Crippen molar-refractivity contribution < 1.29 is 17.4 Å². The minimum Gasteiger partial charge on any atom is -0.302 e. The molecule has 29 heavy (non-hydrogen) atoms. The Morgan fingerprint density at radius 1 is 1.10 bits per heavy atom. The Morgan fingerprint density at radius 3 is 2.34 bits per heavy atom. The van der Waals surface area contributed by atoms with Gasteiger partial charge in [-0.2, -0.15) is 13.5 Å². The quantitative estimate of drug-likeness (QED) is 0.662. The molecule has 1 N–H and O–H groups in total. The number of hydrogen-bond acceptors (Lipinski definition) is 4. The van der Waals surface area contributed by atoms with E-state index in [9.17, 15) is 12.8 Å². The van der Waals surface area contributed by atoms with Crippen LogP contribution in [0.4, 0.5) is 4.39 Å². The Balaban J connectivity index is 0.000000431. The molecule has 1 aliphatic heterocycles. The van der Waals surface area contributed by atoms with Gasteiger partial charge in [0.15, 0.2) is 0 Å². The predicted molar refractivity (Wildman–Crippen MR) is 111 cm³/mol. The van der Waals surface area contributed by atoms with Crippen molar-refractivity contribution in [3.8, 4) is 11.3 Å². The van der Waals surface area contributed by atoms with Gasteiger partial charge in [0.25, 0.3) is 10.1 Å². The van der Waals surface area contributed by atoms with Crippen molar-refractivity contribution in [1.82, 2.24) is 14.7 Å². The molecule has 3 aromatic rings. The molecule has 2 aromatic carbocycles. The van der Waals surface area contributed by atoms with E-state index in [4.69, 9.17) is 9.65 Å². The van der Waals surface area contributed by atoms with Crippen LogP contribution in [0.15, 0.2) is 54.6 Å². The summed E-state index contributed by atoms with van der Waals surface area (Å²) in [5, 5.41) is 4.89. The molecule has 6 nitrogen and oxygen atoms in total. The molecule has 0 bridgehead atoms. The molecule has 0 atom stereocenters. The van der Waals surface area contributed by atoms with Crippen LogP contribution < -0.4 is 0 Å². The summed E-state index contributed by atoms with van der Waals surface area (Å²) in [6.45, 7) is 2.70. The SMILES string of the molecule is CN1CCc2c(c(-c3ccc(F)cc3)nn2Cc2ccccc2)C1.CS(=O)(=O)O. The Morgan fingerprint density at radius 2 is 1.72 bits per heavy atom. The van der Waals surface area contributed by atoms with Gasteiger partial charge in [0.05, 0.1) is 18.5 Å². The molecule has 1 aliphatic rings. The van der Waals surface area contributed by atoms with E-state index in [2.05, 4.69) is 40.9 Å². The average molecular weight is 418 g/mol. The maximum Gasteiger partial charge on any atom is 0.261 e. The molecule has 2 heterocycles. The van der Waals surface area contributed by atoms with Crippen molar-refractivity contribution in [2.75, 3.05) is 19.8 Å². The molecule has 0 saturated carbocycles. The summed E-state index contributed by atoms with van der Waals surface area (Å²) in [5.74, 6) is -0.214. The zero-order chi connectivity index (χ0) is 21.0. The van der Waals surface area contributed by atoms with E-state index in [1.54, 1.807) is 0 Å². The minimum atomic E-state index is -3.67. The van der Waals surface area contributed by atoms with Crippen molar-refractivity contribution in [2.24, 2.45) is 0 Å². The van der Waals surface area contributed by atoms with Crippen LogP contribution in [0.2, 0.25) is 0 Å². The molecule has 1 aromatic heterocycles. The lowest BCUT2D eigenvalue weighted by atomic mass is 10.0. The molecule has 0 aliphatic carbocycles. The standard InChI is InChI=1S/C20H20FN3.CH4O3S/c1-23-12-11-19-18(14-23)20(16-7-9-17(21)10-8-16)22-24(19)13-15-5-3-2-4-6-15;1-5(2,3)4/h2-10H,11-14H2,1H3;1H3,(H,2,3,4). The third-order valence-corrected chi connectivity index (χ3v) is 4.62. The van der Waals surface area contributed by atoms with Gasteiger partial charge in [-0.25, -0.2) is 4.39 Å². The van der Waals surface area contributed by atoms with Crippen molar-refractivity contribution >= 4 is 10.1 Å². The highest BCUT2D eigenvalue weighted by atomic mass is 32.2. The molecular weight excluding hydrogens is 393 g/mol. The maximum atomic E-state index is 13.3. The third-order valence-electron chi connectivity index (χ3n) is 4.62. The highest BCUT2D eigenvalue weighted by molar-refractivity contribution is 7.85. The second kappa shape index (κ2) is 8.86. The normalized spacial score (nSPS) is 14.1. The Bertz CT molecular complexity index is 1060. The lowest BCUT2D eigenvalue weighted by Crippen LogP contribution is -2.27. The summed E-state index contributed by atoms with van der Waals surface area (Å²) in [4.78, 5) is 2.31. The summed E-state index contributed by atoms with van der Waals surface area (Å²) in [6, 6.07) is 17.0. The number of fused-ring (bicyclic) bond motifs is 1. The lowest BCUT2D eigenvalue weighted by Gasteiger charge is -2.23. The van der Waals surface area contributed by atoms with E-state index in [1.165, 1.54) is 29.0 Å². The van der Waals surface area contributed by atoms with Crippen LogP contribution in [0.5, 0.6) is 0 Å². The first kappa shape index (κ1) is 21.2. The second-order valence-electron chi connectivity index (χ2n) is 7.14. The van der Waals surface area contributed by atoms with Crippen LogP contribution in [-0.2, 0) is 29.6 Å². The van der Waals surface area contributed by atoms with Gasteiger partial charge in [0, 0.05) is 36.3 Å². The van der Waals surface area contributed by atoms with Gasteiger partial charge in [-0.3, -0.25) is 9.23 Å². The van der Waals surface area contributed by atoms with Gasteiger partial charge in [0.2, 0.25) is 0 Å². The van der Waals surface area contributed by atoms with E-state index in [0.29, 0.717) is 6.26 Å². The first-order valence-corrected chi connectivity index (χ1v) is 11.0. The molecule has 0 spiro atoms. The second-order valence-corrected chi connectivity index (χ2v) is 8.61. The highest BCUT2D eigenvalue weighted by Crippen LogP contribution is 2.30. The van der Waals surface area contributed by atoms with E-state index in [1.807, 2.05) is 18.2 Å². The largest absolute Gasteiger partial charge is 0.302 e. The van der Waals surface area contributed by atoms with E-state index >= 15 is 0 Å². The Kier molecular flexibility index (Phi) is 6.46. The fourth-order valence-corrected chi connectivity index (χ4v) is 3.35. The van der Waals surface area contributed by atoms with Gasteiger partial charge in [-0.15, -0.1) is 0 Å². The number of hydrogen-bond donors (Lipinski definition) is 1. The molecule has 8 heteroatoms. The molecular formula is C21H24FN3O3S. The predicted octanol–water partition coefficient (Wildman–Crippen LogP) is 3.23. The van der Waals surface area contributed by atoms with Gasteiger partial charge in [0.1, 0.15) is 5.82 Å². The molecule has 0 saturated heterocycles. The fourth-order valence-electron chi connectivity index (χ4n) is 3.35. The van der Waals surface area contributed by atoms with Crippen molar-refractivity contribution in [1.29, 1.82) is 0 Å². The molecule has 0 amide bonds. The zero-order valence-electron chi connectivity index (χ0n) is 16.4. The number of nitrogens with zero attached hydrogens (tertiary/aromatic N) is 3. The summed E-state index contributed by atoms with van der Waals surface area (Å²) >= 11 is 0. The summed E-state index contributed by atoms with van der Waals surface area (Å²) in [5.41, 5.74) is 5.78. The van der Waals surface area contributed by atoms with Crippen molar-refractivity contribution in [2.45, 2.75) is 19.5 Å². The molecule has 0 unspecified atom stereocenters. The highest BCUT2D eigenvalue weighted by Gasteiger charge is 2.24. The lowest BCUT2D eigenvalue weighted by molar-refractivity contribution is 0.308. The van der Waals surface area contributed by atoms with Gasteiger partial charge in [-0.05, 0) is 36.9 Å². The van der Waals surface area contributed by atoms with Crippen LogP contribution in [0.1, 0.15) is 16.8 Å². The van der Waals surface area contributed by atoms with Crippen molar-refractivity contribution in [3.63, 3.8) is 0 Å². The monoisotopic (exact) mass is 417 g/mol. The van der Waals surface area contributed by atoms with E-state index < -0.39 is 10.1 Å². The first-order chi connectivity index (χ1) is 13.7. The van der Waals surface area contributed by atoms with Crippen LogP contribution in [0.25, 0.3) is 11.3 Å². The molecule has 4 rings (SSSR count). The summed E-state index contributed by atoms with van der Waals surface area (Å²) < 4.78 is 41.3. The van der Waals surface area contributed by atoms with Crippen LogP contribution in [-0.4, -0.2) is 47.5 Å². The molecule has 0 fully saturated rings. The Hall–Kier alpha value is -2.55. The van der Waals surface area contributed by atoms with E-state index in [-0.39, 0.29) is 5.82 Å². The third kappa shape index (κ3) is 5.96. The summed E-state index contributed by atoms with van der Waals surface area (Å²) in [7, 11) is -1.54. The fraction of sp³-hybridized carbons (Fsp3) is 0.286. The van der Waals surface area contributed by atoms with E-state index in [0.717, 1.165) is 37.3 Å². The van der Waals surface area contributed by atoms with Gasteiger partial charge >= 0.3 is 0 Å². The van der Waals surface area contributed by atoms with Crippen LogP contribution >= 0.6 is 0 Å². The minimum absolute atomic E-state index is 0.214. The number of benzene rings is 2. The summed E-state index contributed by atoms with van der Waals surface area (Å²) in [6.07, 6.45) is 1.71. The number of halogens is 1. The number of aromatic nitrogens is 2. The molecule has 154 valence electrons. The van der Waals surface area contributed by atoms with Crippen LogP contribution in [0.3, 0.4) is 0 Å². The Labute approximate surface area is 170 Å².